The number of halogens is 1. The van der Waals surface area contributed by atoms with E-state index in [9.17, 15) is 9.18 Å². The Labute approximate surface area is 99.8 Å². The molecule has 1 aromatic carbocycles. The average molecular weight is 240 g/mol. The van der Waals surface area contributed by atoms with E-state index in [0.29, 0.717) is 13.0 Å². The molecule has 4 nitrogen and oxygen atoms in total. The van der Waals surface area contributed by atoms with Crippen LogP contribution in [0.3, 0.4) is 0 Å². The molecule has 1 unspecified atom stereocenters. The van der Waals surface area contributed by atoms with Gasteiger partial charge >= 0.3 is 0 Å². The summed E-state index contributed by atoms with van der Waals surface area (Å²) >= 11 is 0. The number of aliphatic hydroxyl groups is 1. The highest BCUT2D eigenvalue weighted by atomic mass is 19.1. The van der Waals surface area contributed by atoms with Gasteiger partial charge in [-0.15, -0.1) is 0 Å². The van der Waals surface area contributed by atoms with Gasteiger partial charge in [-0.2, -0.15) is 0 Å². The molecule has 1 rings (SSSR count). The van der Waals surface area contributed by atoms with Crippen molar-refractivity contribution in [2.75, 3.05) is 19.3 Å². The number of nitrogen functional groups attached to an aromatic ring is 1. The average Bonchev–Trinajstić information content (AvgIpc) is 2.23. The summed E-state index contributed by atoms with van der Waals surface area (Å²) in [5.74, 6) is -0.839. The lowest BCUT2D eigenvalue weighted by molar-refractivity contribution is 0.0768. The fourth-order valence-electron chi connectivity index (χ4n) is 1.44. The fourth-order valence-corrected chi connectivity index (χ4v) is 1.44. The third-order valence-corrected chi connectivity index (χ3v) is 2.40. The maximum atomic E-state index is 13.1. The smallest absolute Gasteiger partial charge is 0.253 e. The van der Waals surface area contributed by atoms with E-state index in [2.05, 4.69) is 0 Å². The van der Waals surface area contributed by atoms with Gasteiger partial charge in [0.15, 0.2) is 0 Å². The summed E-state index contributed by atoms with van der Waals surface area (Å²) in [6, 6.07) is 3.74. The van der Waals surface area contributed by atoms with E-state index in [1.54, 1.807) is 14.0 Å². The summed E-state index contributed by atoms with van der Waals surface area (Å²) in [5.41, 5.74) is 5.91. The second-order valence-electron chi connectivity index (χ2n) is 4.14. The molecule has 0 radical (unpaired) electrons. The molecule has 0 saturated heterocycles. The van der Waals surface area contributed by atoms with Crippen LogP contribution in [0.15, 0.2) is 18.2 Å². The van der Waals surface area contributed by atoms with Crippen LogP contribution in [0.5, 0.6) is 0 Å². The molecule has 0 bridgehead atoms. The molecule has 0 heterocycles. The number of benzene rings is 1. The van der Waals surface area contributed by atoms with Crippen molar-refractivity contribution in [3.63, 3.8) is 0 Å². The lowest BCUT2D eigenvalue weighted by Gasteiger charge is -2.18. The van der Waals surface area contributed by atoms with E-state index in [-0.39, 0.29) is 17.2 Å². The number of rotatable bonds is 4. The summed E-state index contributed by atoms with van der Waals surface area (Å²) < 4.78 is 13.1. The van der Waals surface area contributed by atoms with E-state index in [0.717, 1.165) is 12.1 Å². The van der Waals surface area contributed by atoms with Crippen molar-refractivity contribution in [2.45, 2.75) is 19.4 Å². The van der Waals surface area contributed by atoms with Crippen molar-refractivity contribution < 1.29 is 14.3 Å². The normalized spacial score (nSPS) is 12.2. The molecule has 0 aliphatic rings. The molecule has 94 valence electrons. The van der Waals surface area contributed by atoms with Crippen molar-refractivity contribution in [3.8, 4) is 0 Å². The first-order chi connectivity index (χ1) is 7.90. The molecule has 1 amide bonds. The molecule has 0 aromatic heterocycles. The first-order valence-corrected chi connectivity index (χ1v) is 5.39. The second-order valence-corrected chi connectivity index (χ2v) is 4.14. The number of amides is 1. The fraction of sp³-hybridized carbons (Fsp3) is 0.417. The van der Waals surface area contributed by atoms with Gasteiger partial charge in [-0.1, -0.05) is 0 Å². The van der Waals surface area contributed by atoms with Gasteiger partial charge < -0.3 is 15.7 Å². The minimum Gasteiger partial charge on any atom is -0.399 e. The predicted octanol–water partition coefficient (Wildman–Crippen LogP) is 1.25. The topological polar surface area (TPSA) is 66.6 Å². The summed E-state index contributed by atoms with van der Waals surface area (Å²) in [6.45, 7) is 2.06. The van der Waals surface area contributed by atoms with Crippen molar-refractivity contribution >= 4 is 11.6 Å². The Bertz CT molecular complexity index is 387. The molecule has 17 heavy (non-hydrogen) atoms. The van der Waals surface area contributed by atoms with Crippen LogP contribution in [0, 0.1) is 5.82 Å². The highest BCUT2D eigenvalue weighted by molar-refractivity contribution is 5.94. The number of carbonyl (C=O) groups excluding carboxylic acids is 1. The van der Waals surface area contributed by atoms with Crippen LogP contribution in [-0.2, 0) is 0 Å². The number of anilines is 1. The zero-order valence-electron chi connectivity index (χ0n) is 9.98. The van der Waals surface area contributed by atoms with Crippen LogP contribution in [0.4, 0.5) is 10.1 Å². The van der Waals surface area contributed by atoms with Gasteiger partial charge in [-0.25, -0.2) is 4.39 Å². The first-order valence-electron chi connectivity index (χ1n) is 5.39. The maximum absolute atomic E-state index is 13.1. The van der Waals surface area contributed by atoms with Gasteiger partial charge in [0.05, 0.1) is 6.10 Å². The third kappa shape index (κ3) is 4.03. The van der Waals surface area contributed by atoms with Gasteiger partial charge in [0.2, 0.25) is 0 Å². The summed E-state index contributed by atoms with van der Waals surface area (Å²) in [5, 5.41) is 9.12. The Balaban J connectivity index is 2.74. The monoisotopic (exact) mass is 240 g/mol. The van der Waals surface area contributed by atoms with Crippen LogP contribution < -0.4 is 5.73 Å². The lowest BCUT2D eigenvalue weighted by atomic mass is 10.1. The minimum atomic E-state index is -0.530. The van der Waals surface area contributed by atoms with Gasteiger partial charge in [0, 0.05) is 24.8 Å². The number of hydrogen-bond donors (Lipinski definition) is 2. The maximum Gasteiger partial charge on any atom is 0.253 e. The number of carbonyl (C=O) groups is 1. The predicted molar refractivity (Wildman–Crippen MR) is 64.1 cm³/mol. The van der Waals surface area contributed by atoms with E-state index >= 15 is 0 Å². The van der Waals surface area contributed by atoms with E-state index < -0.39 is 11.9 Å². The minimum absolute atomic E-state index is 0.218. The van der Waals surface area contributed by atoms with Crippen LogP contribution in [-0.4, -0.2) is 35.6 Å². The van der Waals surface area contributed by atoms with Crippen molar-refractivity contribution in [1.29, 1.82) is 0 Å². The molecule has 0 fully saturated rings. The van der Waals surface area contributed by atoms with Crippen molar-refractivity contribution in [3.05, 3.63) is 29.6 Å². The molecular formula is C12H17FN2O2. The Morgan fingerprint density at radius 3 is 2.71 bits per heavy atom. The van der Waals surface area contributed by atoms with E-state index in [1.165, 1.54) is 11.0 Å². The van der Waals surface area contributed by atoms with Crippen LogP contribution in [0.2, 0.25) is 0 Å². The zero-order chi connectivity index (χ0) is 13.0. The molecule has 5 heteroatoms. The molecule has 0 aliphatic heterocycles. The van der Waals surface area contributed by atoms with Crippen LogP contribution >= 0.6 is 0 Å². The molecule has 0 saturated carbocycles. The van der Waals surface area contributed by atoms with Gasteiger partial charge in [0.25, 0.3) is 5.91 Å². The number of nitrogens with two attached hydrogens (primary N) is 1. The number of aliphatic hydroxyl groups excluding tert-OH is 1. The largest absolute Gasteiger partial charge is 0.399 e. The molecule has 3 N–H and O–H groups in total. The molecule has 0 aliphatic carbocycles. The third-order valence-electron chi connectivity index (χ3n) is 2.40. The molecule has 0 spiro atoms. The Morgan fingerprint density at radius 2 is 2.18 bits per heavy atom. The lowest BCUT2D eigenvalue weighted by Crippen LogP contribution is -2.29. The highest BCUT2D eigenvalue weighted by Gasteiger charge is 2.13. The number of hydrogen-bond acceptors (Lipinski definition) is 3. The van der Waals surface area contributed by atoms with Gasteiger partial charge in [-0.3, -0.25) is 4.79 Å². The highest BCUT2D eigenvalue weighted by Crippen LogP contribution is 2.12. The SMILES string of the molecule is CC(O)CCN(C)C(=O)c1cc(N)cc(F)c1. The number of nitrogens with zero attached hydrogens (tertiary/aromatic N) is 1. The quantitative estimate of drug-likeness (QED) is 0.778. The van der Waals surface area contributed by atoms with Crippen LogP contribution in [0.1, 0.15) is 23.7 Å². The van der Waals surface area contributed by atoms with Gasteiger partial charge in [-0.05, 0) is 31.5 Å². The Morgan fingerprint density at radius 1 is 1.53 bits per heavy atom. The van der Waals surface area contributed by atoms with Gasteiger partial charge in [0.1, 0.15) is 5.82 Å². The molecular weight excluding hydrogens is 223 g/mol. The van der Waals surface area contributed by atoms with E-state index in [1.807, 2.05) is 0 Å². The first kappa shape index (κ1) is 13.4. The molecule has 1 aromatic rings. The summed E-state index contributed by atoms with van der Waals surface area (Å²) in [4.78, 5) is 13.3. The van der Waals surface area contributed by atoms with Crippen LogP contribution in [0.25, 0.3) is 0 Å². The zero-order valence-corrected chi connectivity index (χ0v) is 9.98. The Hall–Kier alpha value is -1.62. The summed E-state index contributed by atoms with van der Waals surface area (Å²) in [7, 11) is 1.60. The van der Waals surface area contributed by atoms with Crippen molar-refractivity contribution in [1.82, 2.24) is 4.90 Å². The van der Waals surface area contributed by atoms with Crippen molar-refractivity contribution in [2.24, 2.45) is 0 Å². The summed E-state index contributed by atoms with van der Waals surface area (Å²) in [6.07, 6.45) is 0.00960. The standard InChI is InChI=1S/C12H17FN2O2/c1-8(16)3-4-15(2)12(17)9-5-10(13)7-11(14)6-9/h5-8,16H,3-4,14H2,1-2H3. The Kier molecular flexibility index (Phi) is 4.45. The van der Waals surface area contributed by atoms with E-state index in [4.69, 9.17) is 10.8 Å². The molecule has 1 atom stereocenters. The second kappa shape index (κ2) is 5.63.